The Kier molecular flexibility index (Phi) is 6.14. The van der Waals surface area contributed by atoms with E-state index in [4.69, 9.17) is 9.47 Å². The van der Waals surface area contributed by atoms with Gasteiger partial charge < -0.3 is 25.0 Å². The highest BCUT2D eigenvalue weighted by molar-refractivity contribution is 5.89. The van der Waals surface area contributed by atoms with Gasteiger partial charge in [0.1, 0.15) is 5.82 Å². The number of piperidine rings is 1. The van der Waals surface area contributed by atoms with Crippen LogP contribution in [0.2, 0.25) is 0 Å². The molecule has 0 radical (unpaired) electrons. The second-order valence-electron chi connectivity index (χ2n) is 7.72. The quantitative estimate of drug-likeness (QED) is 0.697. The molecule has 2 aromatic carbocycles. The Hall–Kier alpha value is -2.80. The number of anilines is 1. The van der Waals surface area contributed by atoms with Gasteiger partial charge in [-0.15, -0.1) is 0 Å². The van der Waals surface area contributed by atoms with Crippen molar-refractivity contribution >= 4 is 11.7 Å². The van der Waals surface area contributed by atoms with Crippen molar-refractivity contribution in [1.82, 2.24) is 5.32 Å². The monoisotopic (exact) mass is 400 g/mol. The van der Waals surface area contributed by atoms with E-state index in [-0.39, 0.29) is 18.6 Å². The fourth-order valence-electron chi connectivity index (χ4n) is 3.90. The van der Waals surface area contributed by atoms with Gasteiger partial charge in [0.25, 0.3) is 0 Å². The molecule has 2 heterocycles. The number of carbonyl (C=O) groups is 1. The molecule has 0 spiro atoms. The average molecular weight is 400 g/mol. The minimum absolute atomic E-state index is 0.183. The Bertz CT molecular complexity index is 836. The van der Waals surface area contributed by atoms with Crippen LogP contribution in [0.4, 0.5) is 14.9 Å². The average Bonchev–Trinajstić information content (AvgIpc) is 3.20. The minimum Gasteiger partial charge on any atom is -0.454 e. The van der Waals surface area contributed by atoms with Gasteiger partial charge in [-0.2, -0.15) is 0 Å². The van der Waals surface area contributed by atoms with Crippen molar-refractivity contribution in [3.63, 3.8) is 0 Å². The molecule has 3 N–H and O–H groups in total. The van der Waals surface area contributed by atoms with Crippen molar-refractivity contribution in [3.05, 3.63) is 53.8 Å². The Balaban J connectivity index is 1.14. The Morgan fingerprint density at radius 1 is 1.07 bits per heavy atom. The van der Waals surface area contributed by atoms with E-state index >= 15 is 0 Å². The van der Waals surface area contributed by atoms with E-state index in [9.17, 15) is 9.18 Å². The van der Waals surface area contributed by atoms with E-state index in [1.807, 2.05) is 12.1 Å². The SMILES string of the molecule is O=C(NCC1CC[NH+](CCc2ccc(F)cc2)CC1)Nc1ccc2c(c1)OCO2. The fourth-order valence-corrected chi connectivity index (χ4v) is 3.90. The lowest BCUT2D eigenvalue weighted by atomic mass is 9.96. The van der Waals surface area contributed by atoms with Crippen LogP contribution < -0.4 is 25.0 Å². The molecule has 1 fully saturated rings. The van der Waals surface area contributed by atoms with E-state index in [2.05, 4.69) is 10.6 Å². The molecule has 2 aromatic rings. The maximum atomic E-state index is 13.0. The molecular weight excluding hydrogens is 373 g/mol. The van der Waals surface area contributed by atoms with Gasteiger partial charge in [0.05, 0.1) is 19.6 Å². The standard InChI is InChI=1S/C22H26FN3O3/c23-18-3-1-16(2-4-18)7-10-26-11-8-17(9-12-26)14-24-22(27)25-19-5-6-20-21(13-19)29-15-28-20/h1-6,13,17H,7-12,14-15H2,(H2,24,25,27)/p+1. The third kappa shape index (κ3) is 5.38. The van der Waals surface area contributed by atoms with Crippen molar-refractivity contribution in [1.29, 1.82) is 0 Å². The number of hydrogen-bond acceptors (Lipinski definition) is 3. The van der Waals surface area contributed by atoms with E-state index in [0.717, 1.165) is 38.9 Å². The zero-order valence-corrected chi connectivity index (χ0v) is 16.4. The first-order valence-electron chi connectivity index (χ1n) is 10.2. The van der Waals surface area contributed by atoms with Crippen LogP contribution in [-0.2, 0) is 6.42 Å². The predicted molar refractivity (Wildman–Crippen MR) is 108 cm³/mol. The first kappa shape index (κ1) is 19.5. The van der Waals surface area contributed by atoms with Crippen LogP contribution in [-0.4, -0.2) is 39.0 Å². The molecule has 7 heteroatoms. The van der Waals surface area contributed by atoms with Gasteiger partial charge in [-0.05, 0) is 35.7 Å². The summed E-state index contributed by atoms with van der Waals surface area (Å²) in [5, 5.41) is 5.82. The van der Waals surface area contributed by atoms with Crippen molar-refractivity contribution in [2.75, 3.05) is 38.3 Å². The number of carbonyl (C=O) groups excluding carboxylic acids is 1. The van der Waals surface area contributed by atoms with E-state index in [1.165, 1.54) is 17.7 Å². The van der Waals surface area contributed by atoms with Crippen LogP contribution in [0.5, 0.6) is 11.5 Å². The number of hydrogen-bond donors (Lipinski definition) is 3. The number of urea groups is 1. The van der Waals surface area contributed by atoms with Gasteiger partial charge >= 0.3 is 6.03 Å². The van der Waals surface area contributed by atoms with Crippen LogP contribution >= 0.6 is 0 Å². The molecule has 2 aliphatic rings. The molecule has 0 bridgehead atoms. The molecule has 154 valence electrons. The molecule has 2 amide bonds. The van der Waals surface area contributed by atoms with Crippen LogP contribution in [0.15, 0.2) is 42.5 Å². The summed E-state index contributed by atoms with van der Waals surface area (Å²) >= 11 is 0. The third-order valence-corrected chi connectivity index (χ3v) is 5.67. The van der Waals surface area contributed by atoms with Crippen LogP contribution in [0.3, 0.4) is 0 Å². The number of quaternary nitrogens is 1. The molecule has 6 nitrogen and oxygen atoms in total. The Labute approximate surface area is 170 Å². The Morgan fingerprint density at radius 2 is 1.83 bits per heavy atom. The molecule has 0 atom stereocenters. The molecule has 0 aromatic heterocycles. The smallest absolute Gasteiger partial charge is 0.319 e. The van der Waals surface area contributed by atoms with E-state index < -0.39 is 0 Å². The molecule has 2 aliphatic heterocycles. The summed E-state index contributed by atoms with van der Waals surface area (Å²) in [4.78, 5) is 13.8. The van der Waals surface area contributed by atoms with Crippen molar-refractivity contribution in [2.45, 2.75) is 19.3 Å². The van der Waals surface area contributed by atoms with Gasteiger partial charge in [-0.1, -0.05) is 12.1 Å². The summed E-state index contributed by atoms with van der Waals surface area (Å²) in [6.07, 6.45) is 3.17. The number of halogens is 1. The first-order chi connectivity index (χ1) is 14.2. The molecule has 4 rings (SSSR count). The molecular formula is C22H27FN3O3+. The highest BCUT2D eigenvalue weighted by atomic mass is 19.1. The second-order valence-corrected chi connectivity index (χ2v) is 7.72. The van der Waals surface area contributed by atoms with Gasteiger partial charge in [0, 0.05) is 37.6 Å². The van der Waals surface area contributed by atoms with Gasteiger partial charge in [0.2, 0.25) is 6.79 Å². The maximum absolute atomic E-state index is 13.0. The summed E-state index contributed by atoms with van der Waals surface area (Å²) in [6, 6.07) is 11.9. The number of amides is 2. The zero-order valence-electron chi connectivity index (χ0n) is 16.4. The highest BCUT2D eigenvalue weighted by Crippen LogP contribution is 2.34. The summed E-state index contributed by atoms with van der Waals surface area (Å²) in [5.41, 5.74) is 1.87. The lowest BCUT2D eigenvalue weighted by Crippen LogP contribution is -3.13. The van der Waals surface area contributed by atoms with Crippen molar-refractivity contribution < 1.29 is 23.6 Å². The topological polar surface area (TPSA) is 64.0 Å². The number of nitrogens with one attached hydrogen (secondary N) is 3. The largest absolute Gasteiger partial charge is 0.454 e. The predicted octanol–water partition coefficient (Wildman–Crippen LogP) is 2.21. The van der Waals surface area contributed by atoms with Crippen LogP contribution in [0.25, 0.3) is 0 Å². The van der Waals surface area contributed by atoms with Gasteiger partial charge in [0.15, 0.2) is 11.5 Å². The van der Waals surface area contributed by atoms with E-state index in [1.54, 1.807) is 23.1 Å². The molecule has 0 unspecified atom stereocenters. The number of ether oxygens (including phenoxy) is 2. The van der Waals surface area contributed by atoms with Gasteiger partial charge in [-0.25, -0.2) is 9.18 Å². The highest BCUT2D eigenvalue weighted by Gasteiger charge is 2.22. The summed E-state index contributed by atoms with van der Waals surface area (Å²) < 4.78 is 23.6. The number of rotatable bonds is 6. The molecule has 29 heavy (non-hydrogen) atoms. The van der Waals surface area contributed by atoms with Crippen molar-refractivity contribution in [3.8, 4) is 11.5 Å². The summed E-state index contributed by atoms with van der Waals surface area (Å²) in [7, 11) is 0. The lowest BCUT2D eigenvalue weighted by Gasteiger charge is -2.29. The number of benzene rings is 2. The fraction of sp³-hybridized carbons (Fsp3) is 0.409. The first-order valence-corrected chi connectivity index (χ1v) is 10.2. The zero-order chi connectivity index (χ0) is 20.1. The van der Waals surface area contributed by atoms with Crippen LogP contribution in [0.1, 0.15) is 18.4 Å². The molecule has 0 saturated carbocycles. The second kappa shape index (κ2) is 9.13. The lowest BCUT2D eigenvalue weighted by molar-refractivity contribution is -0.905. The number of likely N-dealkylation sites (tertiary alicyclic amines) is 1. The normalized spacial score (nSPS) is 20.3. The minimum atomic E-state index is -0.199. The Morgan fingerprint density at radius 3 is 2.62 bits per heavy atom. The molecule has 0 aliphatic carbocycles. The number of fused-ring (bicyclic) bond motifs is 1. The van der Waals surface area contributed by atoms with E-state index in [0.29, 0.717) is 29.6 Å². The van der Waals surface area contributed by atoms with Crippen LogP contribution in [0, 0.1) is 11.7 Å². The maximum Gasteiger partial charge on any atom is 0.319 e. The summed E-state index contributed by atoms with van der Waals surface area (Å²) in [6.45, 7) is 4.18. The van der Waals surface area contributed by atoms with Gasteiger partial charge in [-0.3, -0.25) is 0 Å². The summed E-state index contributed by atoms with van der Waals surface area (Å²) in [5.74, 6) is 1.67. The van der Waals surface area contributed by atoms with Crippen molar-refractivity contribution in [2.24, 2.45) is 5.92 Å². The third-order valence-electron chi connectivity index (χ3n) is 5.67. The molecule has 1 saturated heterocycles.